The molecule has 21 heavy (non-hydrogen) atoms. The van der Waals surface area contributed by atoms with Gasteiger partial charge in [-0.05, 0) is 19.1 Å². The van der Waals surface area contributed by atoms with E-state index in [1.165, 1.54) is 6.92 Å². The fraction of sp³-hybridized carbons (Fsp3) is 0.400. The number of Topliss-reactive ketones (excluding diaryl/α,β-unsaturated/α-hetero) is 1. The maximum atomic E-state index is 11.5. The molecule has 1 aromatic rings. The molecule has 0 heterocycles. The van der Waals surface area contributed by atoms with Gasteiger partial charge in [0.25, 0.3) is 0 Å². The minimum absolute atomic E-state index is 0.0704. The second-order valence-corrected chi connectivity index (χ2v) is 5.88. The van der Waals surface area contributed by atoms with E-state index in [1.54, 1.807) is 18.7 Å². The summed E-state index contributed by atoms with van der Waals surface area (Å²) in [5.41, 5.74) is -0.285. The number of hydrogen-bond donors (Lipinski definition) is 0. The summed E-state index contributed by atoms with van der Waals surface area (Å²) in [6, 6.07) is 9.99. The maximum absolute atomic E-state index is 11.5. The van der Waals surface area contributed by atoms with Gasteiger partial charge in [-0.15, -0.1) is 11.8 Å². The molecule has 0 spiro atoms. The number of hydrogen-bond acceptors (Lipinski definition) is 6. The summed E-state index contributed by atoms with van der Waals surface area (Å²) in [6.45, 7) is 3.13. The molecule has 0 radical (unpaired) electrons. The molecule has 1 saturated carbocycles. The molecule has 112 valence electrons. The predicted molar refractivity (Wildman–Crippen MR) is 80.3 cm³/mol. The molecule has 6 heteroatoms. The smallest absolute Gasteiger partial charge is 0.364 e. The van der Waals surface area contributed by atoms with E-state index in [1.807, 2.05) is 30.3 Å². The first-order chi connectivity index (χ1) is 10.1. The third-order valence-corrected chi connectivity index (χ3v) is 4.13. The molecule has 0 amide bonds. The highest BCUT2D eigenvalue weighted by Gasteiger charge is 2.41. The van der Waals surface area contributed by atoms with E-state index in [2.05, 4.69) is 5.16 Å². The molecular formula is C15H17NO4S. The van der Waals surface area contributed by atoms with Crippen LogP contribution in [0.1, 0.15) is 20.3 Å². The molecule has 0 aliphatic heterocycles. The van der Waals surface area contributed by atoms with Crippen LogP contribution in [0.5, 0.6) is 0 Å². The fourth-order valence-electron chi connectivity index (χ4n) is 1.62. The van der Waals surface area contributed by atoms with Crippen molar-refractivity contribution < 1.29 is 19.2 Å². The number of oxime groups is 1. The number of carbonyl (C=O) groups is 2. The molecule has 0 saturated heterocycles. The first-order valence-electron chi connectivity index (χ1n) is 6.75. The second kappa shape index (κ2) is 7.26. The van der Waals surface area contributed by atoms with E-state index in [-0.39, 0.29) is 18.4 Å². The zero-order chi connectivity index (χ0) is 15.2. The van der Waals surface area contributed by atoms with Crippen LogP contribution in [-0.2, 0) is 19.2 Å². The maximum Gasteiger partial charge on any atom is 0.364 e. The zero-order valence-corrected chi connectivity index (χ0v) is 12.8. The third kappa shape index (κ3) is 4.60. The summed E-state index contributed by atoms with van der Waals surface area (Å²) < 4.78 is 4.76. The summed E-state index contributed by atoms with van der Waals surface area (Å²) in [6.07, 6.45) is 0.774. The van der Waals surface area contributed by atoms with Crippen molar-refractivity contribution in [3.8, 4) is 0 Å². The molecule has 1 aliphatic rings. The van der Waals surface area contributed by atoms with E-state index >= 15 is 0 Å². The number of ether oxygens (including phenoxy) is 1. The van der Waals surface area contributed by atoms with Gasteiger partial charge in [-0.2, -0.15) is 0 Å². The highest BCUT2D eigenvalue weighted by molar-refractivity contribution is 8.00. The van der Waals surface area contributed by atoms with Crippen LogP contribution < -0.4 is 0 Å². The van der Waals surface area contributed by atoms with Gasteiger partial charge in [0.05, 0.1) is 11.9 Å². The summed E-state index contributed by atoms with van der Waals surface area (Å²) >= 11 is 1.70. The van der Waals surface area contributed by atoms with Crippen LogP contribution in [0, 0.1) is 0 Å². The van der Waals surface area contributed by atoms with Crippen LogP contribution in [0.4, 0.5) is 0 Å². The second-order valence-electron chi connectivity index (χ2n) is 4.57. The quantitative estimate of drug-likeness (QED) is 0.335. The Bertz CT molecular complexity index is 544. The number of carbonyl (C=O) groups excluding carboxylic acids is 2. The van der Waals surface area contributed by atoms with Crippen LogP contribution in [0.15, 0.2) is 40.4 Å². The standard InChI is InChI=1S/C15H17NO4S/c1-3-19-15(18)14(10(2)17)16-20-12-9-13(12)21-11-7-5-4-6-8-11/h4-8,12-13H,3,9H2,1-2H3. The molecule has 2 unspecified atom stereocenters. The van der Waals surface area contributed by atoms with Gasteiger partial charge in [-0.1, -0.05) is 23.4 Å². The average molecular weight is 307 g/mol. The van der Waals surface area contributed by atoms with Crippen LogP contribution in [0.2, 0.25) is 0 Å². The lowest BCUT2D eigenvalue weighted by Crippen LogP contribution is -2.25. The molecule has 1 aliphatic carbocycles. The van der Waals surface area contributed by atoms with Gasteiger partial charge in [0.1, 0.15) is 6.10 Å². The van der Waals surface area contributed by atoms with Crippen molar-refractivity contribution in [2.75, 3.05) is 6.61 Å². The van der Waals surface area contributed by atoms with Crippen LogP contribution in [0.25, 0.3) is 0 Å². The third-order valence-electron chi connectivity index (χ3n) is 2.79. The monoisotopic (exact) mass is 307 g/mol. The number of ketones is 1. The number of rotatable bonds is 7. The van der Waals surface area contributed by atoms with E-state index in [0.717, 1.165) is 11.3 Å². The van der Waals surface area contributed by atoms with E-state index in [4.69, 9.17) is 9.57 Å². The largest absolute Gasteiger partial charge is 0.461 e. The van der Waals surface area contributed by atoms with E-state index in [9.17, 15) is 9.59 Å². The van der Waals surface area contributed by atoms with E-state index < -0.39 is 11.8 Å². The Labute approximate surface area is 127 Å². The molecule has 0 bridgehead atoms. The lowest BCUT2D eigenvalue weighted by molar-refractivity contribution is -0.136. The highest BCUT2D eigenvalue weighted by Crippen LogP contribution is 2.41. The Balaban J connectivity index is 1.86. The van der Waals surface area contributed by atoms with Gasteiger partial charge in [0, 0.05) is 18.2 Å². The van der Waals surface area contributed by atoms with Gasteiger partial charge >= 0.3 is 5.97 Å². The number of benzene rings is 1. The van der Waals surface area contributed by atoms with Crippen molar-refractivity contribution in [1.29, 1.82) is 0 Å². The zero-order valence-electron chi connectivity index (χ0n) is 11.9. The fourth-order valence-corrected chi connectivity index (χ4v) is 2.78. The van der Waals surface area contributed by atoms with Gasteiger partial charge in [-0.3, -0.25) is 4.79 Å². The normalized spacial score (nSPS) is 20.8. The Morgan fingerprint density at radius 3 is 2.67 bits per heavy atom. The summed E-state index contributed by atoms with van der Waals surface area (Å²) in [7, 11) is 0. The number of nitrogens with zero attached hydrogens (tertiary/aromatic N) is 1. The Kier molecular flexibility index (Phi) is 5.38. The Hall–Kier alpha value is -1.82. The van der Waals surface area contributed by atoms with Crippen molar-refractivity contribution in [3.05, 3.63) is 30.3 Å². The van der Waals surface area contributed by atoms with Gasteiger partial charge in [-0.25, -0.2) is 4.79 Å². The minimum atomic E-state index is -0.738. The van der Waals surface area contributed by atoms with Crippen molar-refractivity contribution in [2.45, 2.75) is 36.5 Å². The van der Waals surface area contributed by atoms with Crippen LogP contribution in [0.3, 0.4) is 0 Å². The van der Waals surface area contributed by atoms with Gasteiger partial charge in [0.15, 0.2) is 5.78 Å². The van der Waals surface area contributed by atoms with Crippen LogP contribution in [-0.4, -0.2) is 35.4 Å². The molecule has 1 aromatic carbocycles. The number of esters is 1. The van der Waals surface area contributed by atoms with Crippen LogP contribution >= 0.6 is 11.8 Å². The lowest BCUT2D eigenvalue weighted by atomic mass is 10.3. The predicted octanol–water partition coefficient (Wildman–Crippen LogP) is 2.44. The molecule has 5 nitrogen and oxygen atoms in total. The minimum Gasteiger partial charge on any atom is -0.461 e. The highest BCUT2D eigenvalue weighted by atomic mass is 32.2. The molecule has 1 fully saturated rings. The Morgan fingerprint density at radius 2 is 2.05 bits per heavy atom. The molecule has 0 aromatic heterocycles. The summed E-state index contributed by atoms with van der Waals surface area (Å²) in [5, 5.41) is 3.97. The van der Waals surface area contributed by atoms with Crippen molar-refractivity contribution in [2.24, 2.45) is 5.16 Å². The molecule has 2 rings (SSSR count). The lowest BCUT2D eigenvalue weighted by Gasteiger charge is -2.03. The first kappa shape index (κ1) is 15.6. The molecular weight excluding hydrogens is 290 g/mol. The van der Waals surface area contributed by atoms with Gasteiger partial charge in [0.2, 0.25) is 5.71 Å². The first-order valence-corrected chi connectivity index (χ1v) is 7.63. The molecule has 2 atom stereocenters. The average Bonchev–Trinajstić information content (AvgIpc) is 3.18. The number of thioether (sulfide) groups is 1. The summed E-state index contributed by atoms with van der Waals surface area (Å²) in [5.74, 6) is -1.20. The topological polar surface area (TPSA) is 65.0 Å². The van der Waals surface area contributed by atoms with Crippen molar-refractivity contribution in [3.63, 3.8) is 0 Å². The van der Waals surface area contributed by atoms with E-state index in [0.29, 0.717) is 5.25 Å². The van der Waals surface area contributed by atoms with Crippen molar-refractivity contribution >= 4 is 29.2 Å². The van der Waals surface area contributed by atoms with Gasteiger partial charge < -0.3 is 9.57 Å². The van der Waals surface area contributed by atoms with Crippen molar-refractivity contribution in [1.82, 2.24) is 0 Å². The summed E-state index contributed by atoms with van der Waals surface area (Å²) in [4.78, 5) is 29.3. The SMILES string of the molecule is CCOC(=O)C(=NOC1CC1Sc1ccccc1)C(C)=O. The Morgan fingerprint density at radius 1 is 1.33 bits per heavy atom. The molecule has 0 N–H and O–H groups in total.